The molecule has 0 saturated carbocycles. The molecule has 1 aliphatic heterocycles. The molecule has 29 heavy (non-hydrogen) atoms. The van der Waals surface area contributed by atoms with E-state index < -0.39 is 0 Å². The van der Waals surface area contributed by atoms with Gasteiger partial charge >= 0.3 is 0 Å². The van der Waals surface area contributed by atoms with Crippen LogP contribution in [0.1, 0.15) is 35.8 Å². The van der Waals surface area contributed by atoms with E-state index >= 15 is 0 Å². The van der Waals surface area contributed by atoms with Gasteiger partial charge < -0.3 is 14.2 Å². The molecule has 2 aromatic carbocycles. The van der Waals surface area contributed by atoms with E-state index in [9.17, 15) is 0 Å². The summed E-state index contributed by atoms with van der Waals surface area (Å²) in [6.45, 7) is 1.61. The van der Waals surface area contributed by atoms with Crippen molar-refractivity contribution in [2.24, 2.45) is 0 Å². The maximum Gasteiger partial charge on any atom is 0.125 e. The zero-order valence-corrected chi connectivity index (χ0v) is 17.8. The average molecular weight is 454 g/mol. The fourth-order valence-corrected chi connectivity index (χ4v) is 3.81. The van der Waals surface area contributed by atoms with E-state index in [2.05, 4.69) is 39.1 Å². The molecule has 5 heteroatoms. The fraction of sp³-hybridized carbons (Fsp3) is 0.292. The van der Waals surface area contributed by atoms with E-state index in [0.717, 1.165) is 39.9 Å². The molecule has 0 N–H and O–H groups in total. The Morgan fingerprint density at radius 3 is 2.55 bits per heavy atom. The van der Waals surface area contributed by atoms with E-state index in [0.29, 0.717) is 19.8 Å². The summed E-state index contributed by atoms with van der Waals surface area (Å²) in [6.07, 6.45) is 3.74. The Kier molecular flexibility index (Phi) is 6.93. The van der Waals surface area contributed by atoms with E-state index in [1.807, 2.05) is 48.5 Å². The van der Waals surface area contributed by atoms with Crippen molar-refractivity contribution in [1.82, 2.24) is 4.98 Å². The molecule has 4 nitrogen and oxygen atoms in total. The number of halogens is 1. The Bertz CT molecular complexity index is 911. The third-order valence-corrected chi connectivity index (χ3v) is 5.75. The van der Waals surface area contributed by atoms with Gasteiger partial charge in [-0.05, 0) is 52.5 Å². The van der Waals surface area contributed by atoms with Gasteiger partial charge in [-0.3, -0.25) is 4.98 Å². The first-order valence-electron chi connectivity index (χ1n) is 9.88. The molecule has 2 atom stereocenters. The van der Waals surface area contributed by atoms with Crippen molar-refractivity contribution in [3.05, 3.63) is 94.2 Å². The first kappa shape index (κ1) is 20.1. The molecule has 0 radical (unpaired) electrons. The molecular formula is C24H24BrNO3. The number of para-hydroxylation sites is 1. The molecular weight excluding hydrogens is 430 g/mol. The van der Waals surface area contributed by atoms with Gasteiger partial charge in [0.05, 0.1) is 31.1 Å². The summed E-state index contributed by atoms with van der Waals surface area (Å²) in [7, 11) is 0. The summed E-state index contributed by atoms with van der Waals surface area (Å²) >= 11 is 3.51. The molecule has 3 aromatic rings. The lowest BCUT2D eigenvalue weighted by Crippen LogP contribution is -2.27. The van der Waals surface area contributed by atoms with Crippen molar-refractivity contribution in [3.8, 4) is 5.75 Å². The largest absolute Gasteiger partial charge is 0.489 e. The first-order valence-corrected chi connectivity index (χ1v) is 10.7. The molecule has 0 aliphatic carbocycles. The fourth-order valence-electron chi connectivity index (χ4n) is 3.44. The van der Waals surface area contributed by atoms with Crippen LogP contribution in [0.15, 0.2) is 77.4 Å². The van der Waals surface area contributed by atoms with Crippen molar-refractivity contribution < 1.29 is 14.2 Å². The maximum absolute atomic E-state index is 6.15. The van der Waals surface area contributed by atoms with Crippen molar-refractivity contribution in [2.45, 2.75) is 38.3 Å². The van der Waals surface area contributed by atoms with Gasteiger partial charge in [-0.25, -0.2) is 0 Å². The summed E-state index contributed by atoms with van der Waals surface area (Å²) in [6, 6.07) is 22.2. The van der Waals surface area contributed by atoms with E-state index in [4.69, 9.17) is 14.2 Å². The number of nitrogens with zero attached hydrogens (tertiary/aromatic N) is 1. The van der Waals surface area contributed by atoms with Crippen LogP contribution in [0.4, 0.5) is 0 Å². The molecule has 0 amide bonds. The van der Waals surface area contributed by atoms with Crippen molar-refractivity contribution >= 4 is 15.9 Å². The Balaban J connectivity index is 1.32. The van der Waals surface area contributed by atoms with E-state index in [-0.39, 0.29) is 12.2 Å². The number of rotatable bonds is 7. The van der Waals surface area contributed by atoms with Crippen LogP contribution in [-0.2, 0) is 22.7 Å². The highest BCUT2D eigenvalue weighted by Crippen LogP contribution is 2.35. The first-order chi connectivity index (χ1) is 14.3. The van der Waals surface area contributed by atoms with Gasteiger partial charge in [0.1, 0.15) is 12.4 Å². The summed E-state index contributed by atoms with van der Waals surface area (Å²) < 4.78 is 19.2. The van der Waals surface area contributed by atoms with Crippen LogP contribution < -0.4 is 4.74 Å². The minimum absolute atomic E-state index is 0.0309. The molecule has 2 heterocycles. The number of benzene rings is 2. The molecule has 1 saturated heterocycles. The normalized spacial score (nSPS) is 19.1. The lowest BCUT2D eigenvalue weighted by atomic mass is 9.99. The molecule has 150 valence electrons. The topological polar surface area (TPSA) is 40.6 Å². The lowest BCUT2D eigenvalue weighted by Gasteiger charge is -2.30. The SMILES string of the molecule is Brc1cccnc1CO[C@@H]1CC[C@H](c2ccccc2OCc2ccccc2)OC1. The minimum atomic E-state index is 0.0309. The Hall–Kier alpha value is -2.21. The van der Waals surface area contributed by atoms with Crippen LogP contribution >= 0.6 is 15.9 Å². The Labute approximate surface area is 180 Å². The molecule has 0 unspecified atom stereocenters. The highest BCUT2D eigenvalue weighted by Gasteiger charge is 2.26. The number of ether oxygens (including phenoxy) is 3. The van der Waals surface area contributed by atoms with Gasteiger partial charge in [0, 0.05) is 16.2 Å². The van der Waals surface area contributed by atoms with Crippen LogP contribution in [0, 0.1) is 0 Å². The number of aromatic nitrogens is 1. The van der Waals surface area contributed by atoms with Crippen LogP contribution in [-0.4, -0.2) is 17.7 Å². The third kappa shape index (κ3) is 5.44. The predicted molar refractivity (Wildman–Crippen MR) is 116 cm³/mol. The van der Waals surface area contributed by atoms with Crippen LogP contribution in [0.5, 0.6) is 5.75 Å². The number of hydrogen-bond acceptors (Lipinski definition) is 4. The Morgan fingerprint density at radius 2 is 1.76 bits per heavy atom. The minimum Gasteiger partial charge on any atom is -0.489 e. The molecule has 1 fully saturated rings. The third-order valence-electron chi connectivity index (χ3n) is 5.03. The van der Waals surface area contributed by atoms with Gasteiger partial charge in [0.25, 0.3) is 0 Å². The second-order valence-corrected chi connectivity index (χ2v) is 7.93. The highest BCUT2D eigenvalue weighted by atomic mass is 79.9. The van der Waals surface area contributed by atoms with Crippen LogP contribution in [0.25, 0.3) is 0 Å². The lowest BCUT2D eigenvalue weighted by molar-refractivity contribution is -0.0932. The Morgan fingerprint density at radius 1 is 0.931 bits per heavy atom. The average Bonchev–Trinajstić information content (AvgIpc) is 2.78. The molecule has 1 aliphatic rings. The van der Waals surface area contributed by atoms with Gasteiger partial charge in [-0.15, -0.1) is 0 Å². The van der Waals surface area contributed by atoms with Crippen LogP contribution in [0.3, 0.4) is 0 Å². The molecule has 1 aromatic heterocycles. The second kappa shape index (κ2) is 10.0. The van der Waals surface area contributed by atoms with Crippen molar-refractivity contribution in [2.75, 3.05) is 6.61 Å². The summed E-state index contributed by atoms with van der Waals surface area (Å²) in [5, 5.41) is 0. The van der Waals surface area contributed by atoms with E-state index in [1.165, 1.54) is 0 Å². The molecule has 0 bridgehead atoms. The summed E-state index contributed by atoms with van der Waals surface area (Å²) in [5.41, 5.74) is 3.17. The standard InChI is InChI=1S/C24H24BrNO3/c25-21-10-6-14-26-22(21)17-27-19-12-13-24(29-16-19)20-9-4-5-11-23(20)28-15-18-7-2-1-3-8-18/h1-11,14,19,24H,12-13,15-17H2/t19-,24-/m1/s1. The van der Waals surface area contributed by atoms with Gasteiger partial charge in [-0.2, -0.15) is 0 Å². The zero-order chi connectivity index (χ0) is 19.9. The second-order valence-electron chi connectivity index (χ2n) is 7.08. The summed E-state index contributed by atoms with van der Waals surface area (Å²) in [4.78, 5) is 4.35. The van der Waals surface area contributed by atoms with Gasteiger partial charge in [0.15, 0.2) is 0 Å². The van der Waals surface area contributed by atoms with E-state index in [1.54, 1.807) is 6.20 Å². The monoisotopic (exact) mass is 453 g/mol. The number of pyridine rings is 1. The molecule has 4 rings (SSSR count). The van der Waals surface area contributed by atoms with Gasteiger partial charge in [-0.1, -0.05) is 48.5 Å². The summed E-state index contributed by atoms with van der Waals surface area (Å²) in [5.74, 6) is 0.887. The van der Waals surface area contributed by atoms with Gasteiger partial charge in [0.2, 0.25) is 0 Å². The van der Waals surface area contributed by atoms with Crippen LogP contribution in [0.2, 0.25) is 0 Å². The number of hydrogen-bond donors (Lipinski definition) is 0. The molecule has 0 spiro atoms. The predicted octanol–water partition coefficient (Wildman–Crippen LogP) is 5.86. The highest BCUT2D eigenvalue weighted by molar-refractivity contribution is 9.10. The quantitative estimate of drug-likeness (QED) is 0.449. The van der Waals surface area contributed by atoms with Crippen molar-refractivity contribution in [1.29, 1.82) is 0 Å². The zero-order valence-electron chi connectivity index (χ0n) is 16.2. The smallest absolute Gasteiger partial charge is 0.125 e. The van der Waals surface area contributed by atoms with Crippen molar-refractivity contribution in [3.63, 3.8) is 0 Å². The maximum atomic E-state index is 6.15.